The molecule has 0 bridgehead atoms. The number of nitrogens with zero attached hydrogens (tertiary/aromatic N) is 6. The standard InChI is InChI=1S/C20H24N8O2S/c1-2-17-23-20(30-24-17)27-10-8-14(9-11-27)18-22-16(12-31-18)19(28-13-21-25-26-28)29-15-6-4-3-5-7-15/h3-7,12-14,19,25-26H,2,8-11H2,1H3. The van der Waals surface area contributed by atoms with E-state index in [2.05, 4.69) is 36.6 Å². The number of hydrazine groups is 2. The molecule has 1 unspecified atom stereocenters. The molecule has 2 aromatic heterocycles. The number of hydrogen-bond donors (Lipinski definition) is 2. The van der Waals surface area contributed by atoms with Crippen molar-refractivity contribution in [2.24, 2.45) is 5.10 Å². The Morgan fingerprint density at radius 1 is 1.23 bits per heavy atom. The van der Waals surface area contributed by atoms with E-state index >= 15 is 0 Å². The van der Waals surface area contributed by atoms with Crippen LogP contribution in [-0.4, -0.2) is 39.6 Å². The zero-order chi connectivity index (χ0) is 21.0. The van der Waals surface area contributed by atoms with Gasteiger partial charge in [0.15, 0.2) is 5.82 Å². The van der Waals surface area contributed by atoms with Gasteiger partial charge in [-0.15, -0.1) is 16.9 Å². The van der Waals surface area contributed by atoms with Crippen molar-refractivity contribution in [2.75, 3.05) is 18.0 Å². The Kier molecular flexibility index (Phi) is 5.67. The van der Waals surface area contributed by atoms with Crippen molar-refractivity contribution < 1.29 is 9.26 Å². The lowest BCUT2D eigenvalue weighted by Gasteiger charge is -2.29. The highest BCUT2D eigenvalue weighted by molar-refractivity contribution is 7.09. The molecule has 2 aliphatic rings. The highest BCUT2D eigenvalue weighted by Crippen LogP contribution is 2.34. The fourth-order valence-corrected chi connectivity index (χ4v) is 4.65. The van der Waals surface area contributed by atoms with Gasteiger partial charge in [0.25, 0.3) is 0 Å². The largest absolute Gasteiger partial charge is 0.463 e. The van der Waals surface area contributed by atoms with Gasteiger partial charge in [0.2, 0.25) is 6.23 Å². The molecule has 0 amide bonds. The summed E-state index contributed by atoms with van der Waals surface area (Å²) in [6, 6.07) is 10.3. The molecule has 0 aliphatic carbocycles. The molecule has 1 saturated heterocycles. The molecule has 0 radical (unpaired) electrons. The van der Waals surface area contributed by atoms with Gasteiger partial charge in [0.05, 0.1) is 5.01 Å². The summed E-state index contributed by atoms with van der Waals surface area (Å²) in [6.07, 6.45) is 3.98. The van der Waals surface area contributed by atoms with Gasteiger partial charge >= 0.3 is 6.01 Å². The van der Waals surface area contributed by atoms with Gasteiger partial charge in [-0.1, -0.05) is 30.3 Å². The van der Waals surface area contributed by atoms with Gasteiger partial charge in [0.1, 0.15) is 17.8 Å². The van der Waals surface area contributed by atoms with Gasteiger partial charge in [-0.2, -0.15) is 10.1 Å². The van der Waals surface area contributed by atoms with Crippen molar-refractivity contribution in [3.63, 3.8) is 0 Å². The number of aromatic nitrogens is 3. The summed E-state index contributed by atoms with van der Waals surface area (Å²) in [6.45, 7) is 3.77. The maximum atomic E-state index is 6.21. The van der Waals surface area contributed by atoms with E-state index in [1.165, 1.54) is 0 Å². The fourth-order valence-electron chi connectivity index (χ4n) is 3.65. The molecule has 10 nitrogen and oxygen atoms in total. The van der Waals surface area contributed by atoms with E-state index in [1.54, 1.807) is 22.7 Å². The van der Waals surface area contributed by atoms with E-state index in [-0.39, 0.29) is 0 Å². The van der Waals surface area contributed by atoms with Crippen molar-refractivity contribution in [1.29, 1.82) is 0 Å². The number of hydrogen-bond acceptors (Lipinski definition) is 11. The summed E-state index contributed by atoms with van der Waals surface area (Å²) >= 11 is 1.68. The SMILES string of the molecule is CCc1noc(N2CCC(c3nc(C(Oc4ccccc4)N4C=NNN4)cs3)CC2)n1. The number of hydrazone groups is 1. The van der Waals surface area contributed by atoms with Gasteiger partial charge in [0, 0.05) is 30.8 Å². The Morgan fingerprint density at radius 2 is 2.06 bits per heavy atom. The maximum Gasteiger partial charge on any atom is 0.324 e. The van der Waals surface area contributed by atoms with Crippen molar-refractivity contribution in [2.45, 2.75) is 38.3 Å². The third-order valence-electron chi connectivity index (χ3n) is 5.35. The summed E-state index contributed by atoms with van der Waals surface area (Å²) in [5.41, 5.74) is 6.53. The van der Waals surface area contributed by atoms with Gasteiger partial charge < -0.3 is 14.2 Å². The van der Waals surface area contributed by atoms with Crippen molar-refractivity contribution in [3.05, 3.63) is 52.2 Å². The smallest absolute Gasteiger partial charge is 0.324 e. The number of para-hydroxylation sites is 1. The number of aryl methyl sites for hydroxylation is 1. The first kappa shape index (κ1) is 19.8. The van der Waals surface area contributed by atoms with E-state index < -0.39 is 6.23 Å². The van der Waals surface area contributed by atoms with Gasteiger partial charge in [-0.25, -0.2) is 15.5 Å². The lowest BCUT2D eigenvalue weighted by molar-refractivity contribution is 0.0417. The number of piperidine rings is 1. The third-order valence-corrected chi connectivity index (χ3v) is 6.38. The lowest BCUT2D eigenvalue weighted by Crippen LogP contribution is -2.42. The normalized spacial score (nSPS) is 17.7. The molecule has 0 saturated carbocycles. The second-order valence-electron chi connectivity index (χ2n) is 7.38. The van der Waals surface area contributed by atoms with Crippen LogP contribution in [0.5, 0.6) is 5.75 Å². The number of anilines is 1. The molecular formula is C20H24N8O2S. The van der Waals surface area contributed by atoms with Crippen LogP contribution in [0.1, 0.15) is 48.4 Å². The number of rotatable bonds is 7. The Bertz CT molecular complexity index is 1020. The third kappa shape index (κ3) is 4.32. The lowest BCUT2D eigenvalue weighted by atomic mass is 9.98. The summed E-state index contributed by atoms with van der Waals surface area (Å²) in [5.74, 6) is 1.92. The zero-order valence-electron chi connectivity index (χ0n) is 17.1. The minimum Gasteiger partial charge on any atom is -0.463 e. The van der Waals surface area contributed by atoms with E-state index in [4.69, 9.17) is 14.2 Å². The zero-order valence-corrected chi connectivity index (χ0v) is 18.0. The Balaban J connectivity index is 1.27. The predicted octanol–water partition coefficient (Wildman–Crippen LogP) is 2.82. The Hall–Kier alpha value is -3.18. The highest BCUT2D eigenvalue weighted by atomic mass is 32.1. The van der Waals surface area contributed by atoms with Crippen molar-refractivity contribution >= 4 is 23.7 Å². The quantitative estimate of drug-likeness (QED) is 0.574. The second-order valence-corrected chi connectivity index (χ2v) is 8.27. The number of benzene rings is 1. The van der Waals surface area contributed by atoms with Crippen LogP contribution in [0, 0.1) is 0 Å². The summed E-state index contributed by atoms with van der Waals surface area (Å²) in [5, 5.41) is 13.0. The molecule has 2 N–H and O–H groups in total. The van der Waals surface area contributed by atoms with Crippen molar-refractivity contribution in [1.82, 2.24) is 31.2 Å². The van der Waals surface area contributed by atoms with Crippen LogP contribution in [0.15, 0.2) is 45.3 Å². The van der Waals surface area contributed by atoms with Crippen LogP contribution in [0.25, 0.3) is 0 Å². The second kappa shape index (κ2) is 8.90. The summed E-state index contributed by atoms with van der Waals surface area (Å²) in [7, 11) is 0. The van der Waals surface area contributed by atoms with Crippen LogP contribution in [-0.2, 0) is 6.42 Å². The maximum absolute atomic E-state index is 6.21. The molecule has 3 aromatic rings. The molecule has 5 rings (SSSR count). The molecule has 0 spiro atoms. The van der Waals surface area contributed by atoms with E-state index in [1.807, 2.05) is 37.3 Å². The first-order valence-electron chi connectivity index (χ1n) is 10.4. The molecule has 1 fully saturated rings. The van der Waals surface area contributed by atoms with Gasteiger partial charge in [-0.05, 0) is 25.0 Å². The van der Waals surface area contributed by atoms with E-state index in [0.29, 0.717) is 11.9 Å². The minimum atomic E-state index is -0.433. The van der Waals surface area contributed by atoms with E-state index in [0.717, 1.165) is 54.6 Å². The molecule has 1 aromatic carbocycles. The number of thiazole rings is 1. The Labute approximate surface area is 183 Å². The molecule has 2 aliphatic heterocycles. The van der Waals surface area contributed by atoms with Gasteiger partial charge in [-0.3, -0.25) is 0 Å². The summed E-state index contributed by atoms with van der Waals surface area (Å²) in [4.78, 5) is 11.6. The number of nitrogens with one attached hydrogen (secondary N) is 2. The molecule has 31 heavy (non-hydrogen) atoms. The molecule has 1 atom stereocenters. The van der Waals surface area contributed by atoms with Crippen LogP contribution in [0.2, 0.25) is 0 Å². The topological polar surface area (TPSA) is 104 Å². The minimum absolute atomic E-state index is 0.402. The monoisotopic (exact) mass is 440 g/mol. The van der Waals surface area contributed by atoms with Crippen LogP contribution in [0.4, 0.5) is 6.01 Å². The molecular weight excluding hydrogens is 416 g/mol. The highest BCUT2D eigenvalue weighted by Gasteiger charge is 2.29. The molecule has 11 heteroatoms. The van der Waals surface area contributed by atoms with Crippen LogP contribution in [0.3, 0.4) is 0 Å². The first-order chi connectivity index (χ1) is 15.3. The van der Waals surface area contributed by atoms with E-state index in [9.17, 15) is 0 Å². The molecule has 162 valence electrons. The number of ether oxygens (including phenoxy) is 1. The van der Waals surface area contributed by atoms with Crippen LogP contribution >= 0.6 is 11.3 Å². The summed E-state index contributed by atoms with van der Waals surface area (Å²) < 4.78 is 11.6. The average molecular weight is 441 g/mol. The Morgan fingerprint density at radius 3 is 2.77 bits per heavy atom. The molecule has 4 heterocycles. The van der Waals surface area contributed by atoms with Crippen LogP contribution < -0.4 is 20.7 Å². The predicted molar refractivity (Wildman–Crippen MR) is 116 cm³/mol. The first-order valence-corrected chi connectivity index (χ1v) is 11.2. The fraction of sp³-hybridized carbons (Fsp3) is 0.400. The average Bonchev–Trinajstić information content (AvgIpc) is 3.60. The van der Waals surface area contributed by atoms with Crippen molar-refractivity contribution in [3.8, 4) is 5.75 Å².